The Morgan fingerprint density at radius 1 is 1.36 bits per heavy atom. The molecule has 1 N–H and O–H groups in total. The van der Waals surface area contributed by atoms with Crippen molar-refractivity contribution in [3.63, 3.8) is 0 Å². The first-order valence-corrected chi connectivity index (χ1v) is 10.7. The molecule has 2 saturated heterocycles. The van der Waals surface area contributed by atoms with Crippen LogP contribution in [0.1, 0.15) is 57.6 Å². The summed E-state index contributed by atoms with van der Waals surface area (Å²) in [6.07, 6.45) is 4.74. The number of nitrogens with zero attached hydrogens (tertiary/aromatic N) is 3. The second-order valence-corrected chi connectivity index (χ2v) is 9.90. The van der Waals surface area contributed by atoms with Crippen LogP contribution in [0.25, 0.3) is 11.1 Å². The van der Waals surface area contributed by atoms with Crippen molar-refractivity contribution in [1.82, 2.24) is 14.7 Å². The lowest BCUT2D eigenvalue weighted by Crippen LogP contribution is -2.66. The zero-order chi connectivity index (χ0) is 20.0. The van der Waals surface area contributed by atoms with Gasteiger partial charge in [0.25, 0.3) is 0 Å². The summed E-state index contributed by atoms with van der Waals surface area (Å²) in [6.45, 7) is 3.64. The highest BCUT2D eigenvalue weighted by molar-refractivity contribution is 6.46. The molecule has 4 fully saturated rings. The highest BCUT2D eigenvalue weighted by Crippen LogP contribution is 2.51. The summed E-state index contributed by atoms with van der Waals surface area (Å²) >= 11 is 6.39. The van der Waals surface area contributed by atoms with Gasteiger partial charge < -0.3 is 10.0 Å². The summed E-state index contributed by atoms with van der Waals surface area (Å²) in [5, 5.41) is 16.9. The van der Waals surface area contributed by atoms with Crippen molar-refractivity contribution < 1.29 is 14.3 Å². The van der Waals surface area contributed by atoms with E-state index in [2.05, 4.69) is 5.10 Å². The molecule has 3 aliphatic carbocycles. The highest BCUT2D eigenvalue weighted by atomic mass is 35.5. The number of carbonyl (C=O) groups excluding carboxylic acids is 1. The van der Waals surface area contributed by atoms with E-state index in [0.717, 1.165) is 24.6 Å². The van der Waals surface area contributed by atoms with Crippen molar-refractivity contribution in [2.24, 2.45) is 18.9 Å². The molecule has 28 heavy (non-hydrogen) atoms. The number of amides is 1. The second-order valence-electron chi connectivity index (χ2n) is 9.49. The van der Waals surface area contributed by atoms with E-state index >= 15 is 0 Å². The Morgan fingerprint density at radius 2 is 2.00 bits per heavy atom. The summed E-state index contributed by atoms with van der Waals surface area (Å²) in [5.74, 6) is -0.263. The highest BCUT2D eigenvalue weighted by Gasteiger charge is 2.55. The van der Waals surface area contributed by atoms with Crippen LogP contribution in [-0.4, -0.2) is 49.6 Å². The molecule has 152 valence electrons. The number of fused-ring (bicyclic) bond motifs is 1. The molecule has 5 aliphatic rings. The first kappa shape index (κ1) is 18.6. The molecule has 7 heteroatoms. The summed E-state index contributed by atoms with van der Waals surface area (Å²) in [4.78, 5) is 15.5. The Labute approximate surface area is 168 Å². The first-order valence-electron chi connectivity index (χ1n) is 10.3. The van der Waals surface area contributed by atoms with Gasteiger partial charge in [-0.2, -0.15) is 5.10 Å². The van der Waals surface area contributed by atoms with E-state index in [4.69, 9.17) is 11.6 Å². The second kappa shape index (κ2) is 6.05. The number of aryl methyl sites for hydroxylation is 1. The maximum atomic E-state index is 14.6. The third-order valence-corrected chi connectivity index (χ3v) is 7.81. The smallest absolute Gasteiger partial charge is 0.232 e. The Balaban J connectivity index is 1.52. The fraction of sp³-hybridized carbons (Fsp3) is 0.714. The molecule has 3 heterocycles. The Kier molecular flexibility index (Phi) is 4.02. The summed E-state index contributed by atoms with van der Waals surface area (Å²) in [6, 6.07) is 0.205. The molecular weight excluding hydrogens is 381 g/mol. The van der Waals surface area contributed by atoms with Gasteiger partial charge in [0.2, 0.25) is 5.91 Å². The largest absolute Gasteiger partial charge is 0.390 e. The number of rotatable bonds is 2. The number of hydrogen-bond acceptors (Lipinski definition) is 3. The van der Waals surface area contributed by atoms with Crippen LogP contribution >= 0.6 is 11.6 Å². The third kappa shape index (κ3) is 2.53. The van der Waals surface area contributed by atoms with Crippen LogP contribution in [-0.2, 0) is 11.8 Å². The van der Waals surface area contributed by atoms with E-state index in [-0.39, 0.29) is 28.9 Å². The van der Waals surface area contributed by atoms with Gasteiger partial charge in [0.1, 0.15) is 6.17 Å². The molecule has 0 spiro atoms. The zero-order valence-electron chi connectivity index (χ0n) is 16.5. The monoisotopic (exact) mass is 407 g/mol. The van der Waals surface area contributed by atoms with Crippen molar-refractivity contribution in [3.05, 3.63) is 16.3 Å². The van der Waals surface area contributed by atoms with Gasteiger partial charge in [-0.15, -0.1) is 0 Å². The Morgan fingerprint density at radius 3 is 2.61 bits per heavy atom. The maximum absolute atomic E-state index is 14.6. The molecule has 1 aromatic rings. The maximum Gasteiger partial charge on any atom is 0.232 e. The number of aromatic nitrogens is 2. The van der Waals surface area contributed by atoms with E-state index in [0.29, 0.717) is 29.7 Å². The average molecular weight is 408 g/mol. The Bertz CT molecular complexity index is 957. The van der Waals surface area contributed by atoms with E-state index in [9.17, 15) is 14.3 Å². The molecule has 5 unspecified atom stereocenters. The molecular formula is C21H27ClFN3O2. The number of aliphatic hydroxyl groups is 1. The normalized spacial score (nSPS) is 39.7. The van der Waals surface area contributed by atoms with Crippen LogP contribution in [0.3, 0.4) is 0 Å². The molecule has 6 rings (SSSR count). The number of hydrogen-bond donors (Lipinski definition) is 1. The third-order valence-electron chi connectivity index (χ3n) is 7.41. The summed E-state index contributed by atoms with van der Waals surface area (Å²) in [7, 11) is 1.81. The van der Waals surface area contributed by atoms with Gasteiger partial charge in [0.05, 0.1) is 27.6 Å². The number of piperidine rings is 2. The van der Waals surface area contributed by atoms with E-state index in [1.165, 1.54) is 0 Å². The van der Waals surface area contributed by atoms with Gasteiger partial charge in [0.15, 0.2) is 0 Å². The number of carbonyl (C=O) groups is 1. The lowest BCUT2D eigenvalue weighted by Gasteiger charge is -2.60. The predicted octanol–water partition coefficient (Wildman–Crippen LogP) is 1.54. The van der Waals surface area contributed by atoms with Crippen molar-refractivity contribution in [3.8, 4) is 0 Å². The molecule has 2 saturated carbocycles. The van der Waals surface area contributed by atoms with Crippen LogP contribution in [0.15, 0.2) is 0 Å². The van der Waals surface area contributed by atoms with Gasteiger partial charge in [0, 0.05) is 30.3 Å². The van der Waals surface area contributed by atoms with Gasteiger partial charge in [-0.1, -0.05) is 24.6 Å². The fourth-order valence-electron chi connectivity index (χ4n) is 6.29. The summed E-state index contributed by atoms with van der Waals surface area (Å²) in [5.41, 5.74) is -0.0320. The van der Waals surface area contributed by atoms with Crippen molar-refractivity contribution in [2.75, 3.05) is 0 Å². The zero-order valence-corrected chi connectivity index (χ0v) is 17.3. The van der Waals surface area contributed by atoms with Crippen LogP contribution in [0.2, 0.25) is 0 Å². The lowest BCUT2D eigenvalue weighted by molar-refractivity contribution is -0.175. The molecule has 0 radical (unpaired) electrons. The van der Waals surface area contributed by atoms with Gasteiger partial charge in [-0.3, -0.25) is 9.48 Å². The fourth-order valence-corrected chi connectivity index (χ4v) is 6.68. The van der Waals surface area contributed by atoms with Crippen LogP contribution in [0.4, 0.5) is 4.39 Å². The molecule has 0 aromatic carbocycles. The van der Waals surface area contributed by atoms with Crippen molar-refractivity contribution >= 4 is 28.6 Å². The molecule has 5 nitrogen and oxygen atoms in total. The summed E-state index contributed by atoms with van der Waals surface area (Å²) < 4.78 is 16.3. The van der Waals surface area contributed by atoms with Crippen LogP contribution in [0.5, 0.6) is 0 Å². The SMILES string of the molecule is CC(C(=O)N1C2CC3CC1CC(O)(C3)C2)c1nn(C)c2c1=C(Cl)C(F)C(C)C=2. The lowest BCUT2D eigenvalue weighted by atomic mass is 9.61. The number of halogens is 2. The van der Waals surface area contributed by atoms with Crippen molar-refractivity contribution in [1.29, 1.82) is 0 Å². The van der Waals surface area contributed by atoms with E-state index in [1.54, 1.807) is 11.6 Å². The van der Waals surface area contributed by atoms with Crippen LogP contribution < -0.4 is 10.6 Å². The molecule has 1 aromatic heterocycles. The topological polar surface area (TPSA) is 58.4 Å². The Hall–Kier alpha value is -1.40. The quantitative estimate of drug-likeness (QED) is 0.809. The molecule has 2 aliphatic heterocycles. The van der Waals surface area contributed by atoms with Crippen molar-refractivity contribution in [2.45, 2.75) is 75.7 Å². The standard InChI is InChI=1S/C21H27ClFN3O2/c1-10-4-15-16(17(22)18(10)23)19(24-25(15)3)11(2)20(27)26-13-5-12-6-14(26)9-21(28,7-12)8-13/h4,10-14,18,28H,5-9H2,1-3H3. The minimum atomic E-state index is -1.27. The van der Waals surface area contributed by atoms with Gasteiger partial charge >= 0.3 is 0 Å². The molecule has 1 amide bonds. The van der Waals surface area contributed by atoms with E-state index < -0.39 is 17.7 Å². The minimum absolute atomic E-state index is 0.0248. The van der Waals surface area contributed by atoms with E-state index in [1.807, 2.05) is 24.9 Å². The first-order chi connectivity index (χ1) is 13.2. The average Bonchev–Trinajstić information content (AvgIpc) is 2.93. The molecule has 5 atom stereocenters. The number of alkyl halides is 1. The van der Waals surface area contributed by atoms with Crippen LogP contribution in [0, 0.1) is 11.8 Å². The minimum Gasteiger partial charge on any atom is -0.390 e. The predicted molar refractivity (Wildman–Crippen MR) is 105 cm³/mol. The molecule has 4 bridgehead atoms. The van der Waals surface area contributed by atoms with Gasteiger partial charge in [-0.25, -0.2) is 4.39 Å². The van der Waals surface area contributed by atoms with Gasteiger partial charge in [-0.05, 0) is 44.9 Å².